The first-order chi connectivity index (χ1) is 10.2. The van der Waals surface area contributed by atoms with E-state index in [0.717, 1.165) is 11.6 Å². The Morgan fingerprint density at radius 3 is 2.76 bits per heavy atom. The third kappa shape index (κ3) is 3.27. The summed E-state index contributed by atoms with van der Waals surface area (Å²) in [4.78, 5) is 0. The summed E-state index contributed by atoms with van der Waals surface area (Å²) in [6.45, 7) is 3.09. The molecule has 3 rings (SSSR count). The average molecular weight is 412 g/mol. The molecule has 1 aliphatic carbocycles. The van der Waals surface area contributed by atoms with Crippen LogP contribution in [0.25, 0.3) is 0 Å². The van der Waals surface area contributed by atoms with Crippen LogP contribution in [0.4, 0.5) is 0 Å². The molecule has 21 heavy (non-hydrogen) atoms. The van der Waals surface area contributed by atoms with Crippen LogP contribution in [-0.2, 0) is 12.8 Å². The van der Waals surface area contributed by atoms with Gasteiger partial charge in [-0.3, -0.25) is 0 Å². The van der Waals surface area contributed by atoms with Gasteiger partial charge in [0, 0.05) is 8.59 Å². The Morgan fingerprint density at radius 2 is 1.95 bits per heavy atom. The fourth-order valence-electron chi connectivity index (χ4n) is 3.12. The lowest BCUT2D eigenvalue weighted by molar-refractivity contribution is 0.628. The van der Waals surface area contributed by atoms with Crippen LogP contribution in [0.3, 0.4) is 0 Å². The van der Waals surface area contributed by atoms with Gasteiger partial charge in [0.05, 0.1) is 6.04 Å². The fraction of sp³-hybridized carbons (Fsp3) is 0.333. The molecule has 0 spiro atoms. The molecular weight excluding hydrogens is 393 g/mol. The molecule has 0 radical (unpaired) electrons. The minimum Gasteiger partial charge on any atom is -0.306 e. The van der Waals surface area contributed by atoms with Crippen LogP contribution in [0.15, 0.2) is 36.4 Å². The molecule has 0 aliphatic heterocycles. The van der Waals surface area contributed by atoms with Crippen molar-refractivity contribution in [3.05, 3.63) is 67.2 Å². The fourth-order valence-corrected chi connectivity index (χ4v) is 3.95. The second kappa shape index (κ2) is 6.67. The molecule has 0 aromatic heterocycles. The standard InChI is InChI=1S/C18H19ClIN/c1-2-21-18(16-11-15(19)8-9-17(16)20)14-7-6-12-4-3-5-13(12)10-14/h6-11,18,21H,2-5H2,1H3. The monoisotopic (exact) mass is 411 g/mol. The topological polar surface area (TPSA) is 12.0 Å². The number of benzene rings is 2. The van der Waals surface area contributed by atoms with Gasteiger partial charge in [-0.25, -0.2) is 0 Å². The highest BCUT2D eigenvalue weighted by atomic mass is 127. The lowest BCUT2D eigenvalue weighted by Gasteiger charge is -2.21. The highest BCUT2D eigenvalue weighted by Gasteiger charge is 2.19. The molecule has 110 valence electrons. The number of rotatable bonds is 4. The van der Waals surface area contributed by atoms with E-state index in [4.69, 9.17) is 11.6 Å². The van der Waals surface area contributed by atoms with E-state index in [1.807, 2.05) is 6.07 Å². The molecule has 1 nitrogen and oxygen atoms in total. The summed E-state index contributed by atoms with van der Waals surface area (Å²) in [6, 6.07) is 13.3. The molecule has 2 aromatic rings. The highest BCUT2D eigenvalue weighted by Crippen LogP contribution is 2.31. The quantitative estimate of drug-likeness (QED) is 0.688. The second-order valence-electron chi connectivity index (χ2n) is 5.54. The normalized spacial score (nSPS) is 15.0. The largest absolute Gasteiger partial charge is 0.306 e. The van der Waals surface area contributed by atoms with Crippen molar-refractivity contribution in [2.75, 3.05) is 6.54 Å². The van der Waals surface area contributed by atoms with Crippen molar-refractivity contribution >= 4 is 34.2 Å². The third-order valence-corrected chi connectivity index (χ3v) is 5.35. The van der Waals surface area contributed by atoms with Crippen LogP contribution in [-0.4, -0.2) is 6.54 Å². The van der Waals surface area contributed by atoms with Crippen LogP contribution in [0.1, 0.15) is 41.6 Å². The van der Waals surface area contributed by atoms with Gasteiger partial charge in [-0.15, -0.1) is 0 Å². The average Bonchev–Trinajstić information content (AvgIpc) is 2.95. The molecule has 1 N–H and O–H groups in total. The minimum absolute atomic E-state index is 0.214. The Morgan fingerprint density at radius 1 is 1.14 bits per heavy atom. The van der Waals surface area contributed by atoms with Crippen molar-refractivity contribution in [1.82, 2.24) is 5.32 Å². The number of halogens is 2. The number of fused-ring (bicyclic) bond motifs is 1. The van der Waals surface area contributed by atoms with E-state index < -0.39 is 0 Å². The van der Waals surface area contributed by atoms with Gasteiger partial charge in [0.25, 0.3) is 0 Å². The SMILES string of the molecule is CCNC(c1ccc2c(c1)CCC2)c1cc(Cl)ccc1I. The third-order valence-electron chi connectivity index (χ3n) is 4.13. The second-order valence-corrected chi connectivity index (χ2v) is 7.14. The molecule has 1 unspecified atom stereocenters. The summed E-state index contributed by atoms with van der Waals surface area (Å²) in [5.41, 5.74) is 5.66. The van der Waals surface area contributed by atoms with Gasteiger partial charge < -0.3 is 5.32 Å². The van der Waals surface area contributed by atoms with Crippen LogP contribution < -0.4 is 5.32 Å². The van der Waals surface area contributed by atoms with Crippen molar-refractivity contribution in [2.45, 2.75) is 32.2 Å². The maximum Gasteiger partial charge on any atom is 0.0587 e. The Kier molecular flexibility index (Phi) is 4.87. The molecule has 3 heteroatoms. The minimum atomic E-state index is 0.214. The summed E-state index contributed by atoms with van der Waals surface area (Å²) < 4.78 is 1.25. The first-order valence-corrected chi connectivity index (χ1v) is 8.94. The predicted molar refractivity (Wildman–Crippen MR) is 98.2 cm³/mol. The van der Waals surface area contributed by atoms with Gasteiger partial charge >= 0.3 is 0 Å². The summed E-state index contributed by atoms with van der Waals surface area (Å²) in [6.07, 6.45) is 3.74. The molecule has 0 heterocycles. The number of hydrogen-bond acceptors (Lipinski definition) is 1. The molecule has 1 aliphatic rings. The van der Waals surface area contributed by atoms with Gasteiger partial charge in [-0.05, 0) is 88.9 Å². The Bertz CT molecular complexity index is 654. The maximum atomic E-state index is 6.21. The van der Waals surface area contributed by atoms with E-state index in [9.17, 15) is 0 Å². The first kappa shape index (κ1) is 15.3. The summed E-state index contributed by atoms with van der Waals surface area (Å²) in [5.74, 6) is 0. The van der Waals surface area contributed by atoms with E-state index in [2.05, 4.69) is 65.2 Å². The molecule has 0 bridgehead atoms. The van der Waals surface area contributed by atoms with E-state index in [-0.39, 0.29) is 6.04 Å². The highest BCUT2D eigenvalue weighted by molar-refractivity contribution is 14.1. The van der Waals surface area contributed by atoms with E-state index in [0.29, 0.717) is 0 Å². The number of aryl methyl sites for hydroxylation is 2. The lowest BCUT2D eigenvalue weighted by atomic mass is 9.95. The van der Waals surface area contributed by atoms with Gasteiger partial charge in [-0.1, -0.05) is 36.7 Å². The van der Waals surface area contributed by atoms with Crippen LogP contribution in [0.2, 0.25) is 5.02 Å². The van der Waals surface area contributed by atoms with Crippen molar-refractivity contribution in [3.8, 4) is 0 Å². The Balaban J connectivity index is 2.03. The van der Waals surface area contributed by atoms with Crippen LogP contribution >= 0.6 is 34.2 Å². The van der Waals surface area contributed by atoms with Crippen LogP contribution in [0.5, 0.6) is 0 Å². The molecule has 0 fully saturated rings. The number of nitrogens with one attached hydrogen (secondary N) is 1. The van der Waals surface area contributed by atoms with Crippen molar-refractivity contribution < 1.29 is 0 Å². The van der Waals surface area contributed by atoms with Crippen molar-refractivity contribution in [2.24, 2.45) is 0 Å². The molecule has 2 aromatic carbocycles. The molecule has 1 atom stereocenters. The van der Waals surface area contributed by atoms with Gasteiger partial charge in [0.15, 0.2) is 0 Å². The van der Waals surface area contributed by atoms with Crippen molar-refractivity contribution in [1.29, 1.82) is 0 Å². The van der Waals surface area contributed by atoms with Gasteiger partial charge in [-0.2, -0.15) is 0 Å². The number of hydrogen-bond donors (Lipinski definition) is 1. The zero-order chi connectivity index (χ0) is 14.8. The first-order valence-electron chi connectivity index (χ1n) is 7.49. The lowest BCUT2D eigenvalue weighted by Crippen LogP contribution is -2.23. The summed E-state index contributed by atoms with van der Waals surface area (Å²) in [5, 5.41) is 4.41. The molecule has 0 amide bonds. The smallest absolute Gasteiger partial charge is 0.0587 e. The van der Waals surface area contributed by atoms with E-state index in [1.54, 1.807) is 0 Å². The molecule has 0 saturated carbocycles. The zero-order valence-electron chi connectivity index (χ0n) is 12.1. The molecule has 0 saturated heterocycles. The van der Waals surface area contributed by atoms with E-state index in [1.165, 1.54) is 45.1 Å². The summed E-state index contributed by atoms with van der Waals surface area (Å²) in [7, 11) is 0. The predicted octanol–water partition coefficient (Wildman–Crippen LogP) is 5.13. The van der Waals surface area contributed by atoms with Crippen molar-refractivity contribution in [3.63, 3.8) is 0 Å². The Hall–Kier alpha value is -0.580. The molecular formula is C18H19ClIN. The Labute approximate surface area is 145 Å². The maximum absolute atomic E-state index is 6.21. The van der Waals surface area contributed by atoms with E-state index >= 15 is 0 Å². The van der Waals surface area contributed by atoms with Crippen LogP contribution in [0, 0.1) is 3.57 Å². The summed E-state index contributed by atoms with van der Waals surface area (Å²) >= 11 is 8.61. The van der Waals surface area contributed by atoms with Gasteiger partial charge in [0.2, 0.25) is 0 Å². The van der Waals surface area contributed by atoms with Gasteiger partial charge in [0.1, 0.15) is 0 Å². The zero-order valence-corrected chi connectivity index (χ0v) is 15.0.